The van der Waals surface area contributed by atoms with Gasteiger partial charge in [-0.15, -0.1) is 0 Å². The normalized spacial score (nSPS) is 10.2. The third-order valence-corrected chi connectivity index (χ3v) is 2.67. The average Bonchev–Trinajstić information content (AvgIpc) is 2.39. The zero-order valence-corrected chi connectivity index (χ0v) is 10.2. The van der Waals surface area contributed by atoms with E-state index < -0.39 is 4.92 Å². The summed E-state index contributed by atoms with van der Waals surface area (Å²) in [6.07, 6.45) is 4.70. The number of nitro benzene ring substituents is 1. The van der Waals surface area contributed by atoms with Crippen LogP contribution in [0.15, 0.2) is 36.8 Å². The first-order valence-corrected chi connectivity index (χ1v) is 5.61. The molecule has 0 amide bonds. The summed E-state index contributed by atoms with van der Waals surface area (Å²) >= 11 is 0. The Kier molecular flexibility index (Phi) is 3.61. The highest BCUT2D eigenvalue weighted by Crippen LogP contribution is 2.19. The van der Waals surface area contributed by atoms with E-state index in [1.807, 2.05) is 0 Å². The van der Waals surface area contributed by atoms with E-state index in [2.05, 4.69) is 9.97 Å². The van der Waals surface area contributed by atoms with Crippen LogP contribution in [0.1, 0.15) is 21.6 Å². The Bertz CT molecular complexity index is 626. The molecule has 1 heterocycles. The molecule has 0 aliphatic heterocycles. The third kappa shape index (κ3) is 2.98. The second kappa shape index (κ2) is 5.34. The van der Waals surface area contributed by atoms with Gasteiger partial charge in [0.05, 0.1) is 17.0 Å². The first-order valence-electron chi connectivity index (χ1n) is 5.61. The van der Waals surface area contributed by atoms with Crippen molar-refractivity contribution in [1.82, 2.24) is 9.97 Å². The average molecular weight is 257 g/mol. The molecule has 96 valence electrons. The number of carbonyl (C=O) groups excluding carboxylic acids is 1. The van der Waals surface area contributed by atoms with Gasteiger partial charge in [-0.2, -0.15) is 0 Å². The SMILES string of the molecule is Cc1cc(C(=O)Cc2cnccn2)ccc1[N+](=O)[O-]. The fourth-order valence-corrected chi connectivity index (χ4v) is 1.72. The topological polar surface area (TPSA) is 86.0 Å². The van der Waals surface area contributed by atoms with Crippen molar-refractivity contribution >= 4 is 11.5 Å². The molecule has 0 radical (unpaired) electrons. The fourth-order valence-electron chi connectivity index (χ4n) is 1.72. The van der Waals surface area contributed by atoms with Gasteiger partial charge in [-0.3, -0.25) is 24.9 Å². The molecule has 2 aromatic rings. The second-order valence-corrected chi connectivity index (χ2v) is 4.06. The molecule has 0 unspecified atom stereocenters. The lowest BCUT2D eigenvalue weighted by Crippen LogP contribution is -2.06. The van der Waals surface area contributed by atoms with Crippen LogP contribution in [-0.2, 0) is 6.42 Å². The Labute approximate surface area is 109 Å². The number of ketones is 1. The molecule has 0 aliphatic rings. The number of nitro groups is 1. The summed E-state index contributed by atoms with van der Waals surface area (Å²) in [5, 5.41) is 10.7. The summed E-state index contributed by atoms with van der Waals surface area (Å²) in [5.74, 6) is -0.140. The summed E-state index contributed by atoms with van der Waals surface area (Å²) in [7, 11) is 0. The molecule has 6 heteroatoms. The van der Waals surface area contributed by atoms with Gasteiger partial charge in [-0.05, 0) is 19.1 Å². The molecule has 0 aliphatic carbocycles. The maximum Gasteiger partial charge on any atom is 0.272 e. The maximum atomic E-state index is 12.0. The van der Waals surface area contributed by atoms with E-state index in [-0.39, 0.29) is 17.9 Å². The molecular weight excluding hydrogens is 246 g/mol. The van der Waals surface area contributed by atoms with Crippen molar-refractivity contribution in [3.8, 4) is 0 Å². The van der Waals surface area contributed by atoms with Crippen LogP contribution >= 0.6 is 0 Å². The molecule has 1 aromatic carbocycles. The minimum Gasteiger partial charge on any atom is -0.294 e. The third-order valence-electron chi connectivity index (χ3n) is 2.67. The number of benzene rings is 1. The van der Waals surface area contributed by atoms with Crippen LogP contribution in [0, 0.1) is 17.0 Å². The highest BCUT2D eigenvalue weighted by Gasteiger charge is 2.14. The van der Waals surface area contributed by atoms with Crippen molar-refractivity contribution < 1.29 is 9.72 Å². The molecule has 0 saturated carbocycles. The molecule has 0 fully saturated rings. The molecule has 0 N–H and O–H groups in total. The van der Waals surface area contributed by atoms with Crippen LogP contribution < -0.4 is 0 Å². The highest BCUT2D eigenvalue weighted by atomic mass is 16.6. The van der Waals surface area contributed by atoms with Crippen molar-refractivity contribution in [3.63, 3.8) is 0 Å². The Hall–Kier alpha value is -2.63. The van der Waals surface area contributed by atoms with Gasteiger partial charge in [-0.25, -0.2) is 0 Å². The number of aromatic nitrogens is 2. The quantitative estimate of drug-likeness (QED) is 0.475. The zero-order valence-electron chi connectivity index (χ0n) is 10.2. The number of hydrogen-bond acceptors (Lipinski definition) is 5. The molecular formula is C13H11N3O3. The van der Waals surface area contributed by atoms with Crippen molar-refractivity contribution in [2.45, 2.75) is 13.3 Å². The molecule has 0 saturated heterocycles. The Balaban J connectivity index is 2.21. The van der Waals surface area contributed by atoms with Gasteiger partial charge in [0.15, 0.2) is 5.78 Å². The first kappa shape index (κ1) is 12.8. The number of aryl methyl sites for hydroxylation is 1. The van der Waals surface area contributed by atoms with E-state index >= 15 is 0 Å². The standard InChI is InChI=1S/C13H11N3O3/c1-9-6-10(2-3-12(9)16(18)19)13(17)7-11-8-14-4-5-15-11/h2-6,8H,7H2,1H3. The zero-order chi connectivity index (χ0) is 13.8. The minimum atomic E-state index is -0.466. The van der Waals surface area contributed by atoms with Crippen LogP contribution in [0.4, 0.5) is 5.69 Å². The molecule has 1 aromatic heterocycles. The van der Waals surface area contributed by atoms with Crippen molar-refractivity contribution in [2.24, 2.45) is 0 Å². The Morgan fingerprint density at radius 1 is 1.37 bits per heavy atom. The Morgan fingerprint density at radius 3 is 2.74 bits per heavy atom. The van der Waals surface area contributed by atoms with Crippen molar-refractivity contribution in [3.05, 3.63) is 63.7 Å². The molecule has 0 spiro atoms. The lowest BCUT2D eigenvalue weighted by Gasteiger charge is -2.02. The maximum absolute atomic E-state index is 12.0. The largest absolute Gasteiger partial charge is 0.294 e. The molecule has 0 bridgehead atoms. The highest BCUT2D eigenvalue weighted by molar-refractivity contribution is 5.97. The molecule has 19 heavy (non-hydrogen) atoms. The van der Waals surface area contributed by atoms with E-state index in [9.17, 15) is 14.9 Å². The first-order chi connectivity index (χ1) is 9.08. The van der Waals surface area contributed by atoms with Crippen LogP contribution in [0.5, 0.6) is 0 Å². The van der Waals surface area contributed by atoms with Crippen molar-refractivity contribution in [1.29, 1.82) is 0 Å². The van der Waals surface area contributed by atoms with Gasteiger partial charge in [-0.1, -0.05) is 0 Å². The summed E-state index contributed by atoms with van der Waals surface area (Å²) in [5.41, 5.74) is 1.49. The number of nitrogens with zero attached hydrogens (tertiary/aromatic N) is 3. The summed E-state index contributed by atoms with van der Waals surface area (Å²) in [4.78, 5) is 30.1. The van der Waals surface area contributed by atoms with Crippen LogP contribution in [-0.4, -0.2) is 20.7 Å². The number of hydrogen-bond donors (Lipinski definition) is 0. The number of rotatable bonds is 4. The molecule has 0 atom stereocenters. The predicted octanol–water partition coefficient (Wildman–Crippen LogP) is 2.12. The van der Waals surface area contributed by atoms with Gasteiger partial charge in [0.1, 0.15) is 0 Å². The van der Waals surface area contributed by atoms with Crippen LogP contribution in [0.2, 0.25) is 0 Å². The van der Waals surface area contributed by atoms with Gasteiger partial charge in [0, 0.05) is 35.8 Å². The minimum absolute atomic E-state index is 0.0102. The van der Waals surface area contributed by atoms with E-state index in [4.69, 9.17) is 0 Å². The van der Waals surface area contributed by atoms with Crippen molar-refractivity contribution in [2.75, 3.05) is 0 Å². The lowest BCUT2D eigenvalue weighted by atomic mass is 10.0. The second-order valence-electron chi connectivity index (χ2n) is 4.06. The molecule has 6 nitrogen and oxygen atoms in total. The van der Waals surface area contributed by atoms with Gasteiger partial charge < -0.3 is 0 Å². The van der Waals surface area contributed by atoms with Crippen LogP contribution in [0.25, 0.3) is 0 Å². The van der Waals surface area contributed by atoms with E-state index in [0.29, 0.717) is 16.8 Å². The number of Topliss-reactive ketones (excluding diaryl/α,β-unsaturated/α-hetero) is 1. The lowest BCUT2D eigenvalue weighted by molar-refractivity contribution is -0.385. The van der Waals surface area contributed by atoms with E-state index in [1.54, 1.807) is 6.92 Å². The Morgan fingerprint density at radius 2 is 2.16 bits per heavy atom. The predicted molar refractivity (Wildman–Crippen MR) is 67.9 cm³/mol. The molecule has 2 rings (SSSR count). The monoisotopic (exact) mass is 257 g/mol. The van der Waals surface area contributed by atoms with Crippen LogP contribution in [0.3, 0.4) is 0 Å². The summed E-state index contributed by atoms with van der Waals surface area (Å²) < 4.78 is 0. The van der Waals surface area contributed by atoms with E-state index in [1.165, 1.54) is 36.8 Å². The number of carbonyl (C=O) groups is 1. The fraction of sp³-hybridized carbons (Fsp3) is 0.154. The van der Waals surface area contributed by atoms with Gasteiger partial charge >= 0.3 is 0 Å². The van der Waals surface area contributed by atoms with Gasteiger partial charge in [0.2, 0.25) is 0 Å². The summed E-state index contributed by atoms with van der Waals surface area (Å²) in [6, 6.07) is 4.33. The van der Waals surface area contributed by atoms with Gasteiger partial charge in [0.25, 0.3) is 5.69 Å². The summed E-state index contributed by atoms with van der Waals surface area (Å²) in [6.45, 7) is 1.61. The van der Waals surface area contributed by atoms with E-state index in [0.717, 1.165) is 0 Å². The smallest absolute Gasteiger partial charge is 0.272 e.